The first-order chi connectivity index (χ1) is 17.4. The van der Waals surface area contributed by atoms with Crippen molar-refractivity contribution in [3.8, 4) is 23.1 Å². The number of likely N-dealkylation sites (tertiary alicyclic amines) is 1. The molecule has 0 aliphatic carbocycles. The van der Waals surface area contributed by atoms with Crippen molar-refractivity contribution < 1.29 is 18.3 Å². The minimum atomic E-state index is -0.857. The van der Waals surface area contributed by atoms with E-state index in [0.29, 0.717) is 70.4 Å². The Bertz CT molecular complexity index is 1580. The molecule has 184 valence electrons. The highest BCUT2D eigenvalue weighted by Gasteiger charge is 2.31. The van der Waals surface area contributed by atoms with Crippen LogP contribution in [0.15, 0.2) is 24.3 Å². The molecule has 6 rings (SSSR count). The Morgan fingerprint density at radius 2 is 2.11 bits per heavy atom. The molecule has 2 aliphatic rings. The van der Waals surface area contributed by atoms with Crippen molar-refractivity contribution in [2.75, 3.05) is 25.9 Å². The first kappa shape index (κ1) is 23.4. The average molecular weight is 527 g/mol. The summed E-state index contributed by atoms with van der Waals surface area (Å²) in [4.78, 5) is 6.65. The number of halogens is 3. The molecule has 0 radical (unpaired) electrons. The molecule has 2 aliphatic heterocycles. The Labute approximate surface area is 214 Å². The highest BCUT2D eigenvalue weighted by molar-refractivity contribution is 7.23. The fourth-order valence-corrected chi connectivity index (χ4v) is 6.56. The number of alkyl halides is 1. The summed E-state index contributed by atoms with van der Waals surface area (Å²) in [6.45, 7) is 1.41. The van der Waals surface area contributed by atoms with Gasteiger partial charge in [-0.1, -0.05) is 17.7 Å². The average Bonchev–Trinajstić information content (AvgIpc) is 3.56. The summed E-state index contributed by atoms with van der Waals surface area (Å²) in [6.07, 6.45) is -0.435. The number of hydrogen-bond donors (Lipinski definition) is 1. The van der Waals surface area contributed by atoms with E-state index in [9.17, 15) is 14.0 Å². The predicted molar refractivity (Wildman–Crippen MR) is 137 cm³/mol. The number of hydrogen-bond acceptors (Lipinski definition) is 7. The Morgan fingerprint density at radius 3 is 2.86 bits per heavy atom. The standard InChI is InChI=1S/C26H21ClF2N4O2S/c1-33-8-12(28)6-13(33)9-35-20-5-3-14-17-10-34-11-18(17)21(23(27)24(14)32-20)15-2-4-19(29)25-22(15)16(7-30)26(31)36-25/h2-5,12-13H,6,8-11,31H2,1H3/t12-,13+/m1/s1. The van der Waals surface area contributed by atoms with Crippen molar-refractivity contribution in [3.05, 3.63) is 51.8 Å². The van der Waals surface area contributed by atoms with Crippen molar-refractivity contribution in [1.29, 1.82) is 5.26 Å². The number of likely N-dealkylation sites (N-methyl/N-ethyl adjacent to an activating group) is 1. The molecule has 0 saturated carbocycles. The van der Waals surface area contributed by atoms with E-state index < -0.39 is 12.0 Å². The topological polar surface area (TPSA) is 84.4 Å². The maximum Gasteiger partial charge on any atom is 0.213 e. The number of fused-ring (bicyclic) bond motifs is 4. The fraction of sp³-hybridized carbons (Fsp3) is 0.308. The van der Waals surface area contributed by atoms with Gasteiger partial charge in [-0.25, -0.2) is 13.8 Å². The van der Waals surface area contributed by atoms with Crippen LogP contribution in [0.5, 0.6) is 5.88 Å². The first-order valence-electron chi connectivity index (χ1n) is 11.5. The quantitative estimate of drug-likeness (QED) is 0.361. The zero-order chi connectivity index (χ0) is 25.1. The molecule has 1 fully saturated rings. The van der Waals surface area contributed by atoms with E-state index in [2.05, 4.69) is 6.07 Å². The molecule has 2 atom stereocenters. The lowest BCUT2D eigenvalue weighted by Gasteiger charge is -2.19. The predicted octanol–water partition coefficient (Wildman–Crippen LogP) is 5.81. The van der Waals surface area contributed by atoms with Crippen LogP contribution in [-0.2, 0) is 18.0 Å². The second-order valence-electron chi connectivity index (χ2n) is 9.17. The third-order valence-corrected chi connectivity index (χ3v) is 8.44. The SMILES string of the molecule is CN1C[C@H](F)C[C@H]1COc1ccc2c3c(c(-c4ccc(F)c5sc(N)c(C#N)c45)c(Cl)c2n1)COC3. The molecule has 0 amide bonds. The third kappa shape index (κ3) is 3.59. The van der Waals surface area contributed by atoms with Crippen LogP contribution in [0.1, 0.15) is 23.1 Å². The van der Waals surface area contributed by atoms with Gasteiger partial charge in [0.1, 0.15) is 29.7 Å². The Hall–Kier alpha value is -3.03. The van der Waals surface area contributed by atoms with Crippen LogP contribution in [0.2, 0.25) is 5.02 Å². The van der Waals surface area contributed by atoms with E-state index in [0.717, 1.165) is 27.8 Å². The van der Waals surface area contributed by atoms with Gasteiger partial charge >= 0.3 is 0 Å². The number of nitriles is 1. The minimum absolute atomic E-state index is 0.0297. The summed E-state index contributed by atoms with van der Waals surface area (Å²) < 4.78 is 40.5. The highest BCUT2D eigenvalue weighted by Crippen LogP contribution is 2.48. The van der Waals surface area contributed by atoms with Gasteiger partial charge in [-0.3, -0.25) is 4.90 Å². The lowest BCUT2D eigenvalue weighted by atomic mass is 9.91. The smallest absolute Gasteiger partial charge is 0.213 e. The van der Waals surface area contributed by atoms with Gasteiger partial charge < -0.3 is 15.2 Å². The van der Waals surface area contributed by atoms with Crippen LogP contribution in [0.4, 0.5) is 13.8 Å². The Kier molecular flexibility index (Phi) is 5.73. The maximum atomic E-state index is 14.7. The summed E-state index contributed by atoms with van der Waals surface area (Å²) >= 11 is 8.05. The van der Waals surface area contributed by atoms with E-state index in [1.807, 2.05) is 18.0 Å². The number of nitrogens with two attached hydrogens (primary N) is 1. The summed E-state index contributed by atoms with van der Waals surface area (Å²) in [5.74, 6) is -0.0652. The first-order valence-corrected chi connectivity index (χ1v) is 12.7. The number of rotatable bonds is 4. The van der Waals surface area contributed by atoms with Gasteiger partial charge in [0.15, 0.2) is 0 Å². The number of ether oxygens (including phenoxy) is 2. The maximum absolute atomic E-state index is 14.7. The summed E-state index contributed by atoms with van der Waals surface area (Å²) in [5.41, 5.74) is 9.89. The highest BCUT2D eigenvalue weighted by atomic mass is 35.5. The van der Waals surface area contributed by atoms with E-state index in [-0.39, 0.29) is 16.6 Å². The molecule has 6 nitrogen and oxygen atoms in total. The molecule has 2 aromatic heterocycles. The van der Waals surface area contributed by atoms with Crippen molar-refractivity contribution in [2.45, 2.75) is 31.8 Å². The largest absolute Gasteiger partial charge is 0.476 e. The van der Waals surface area contributed by atoms with E-state index in [1.54, 1.807) is 12.1 Å². The molecular weight excluding hydrogens is 506 g/mol. The fourth-order valence-electron chi connectivity index (χ4n) is 5.25. The minimum Gasteiger partial charge on any atom is -0.476 e. The second-order valence-corrected chi connectivity index (χ2v) is 10.6. The molecular formula is C26H21ClF2N4O2S. The zero-order valence-corrected chi connectivity index (χ0v) is 20.8. The summed E-state index contributed by atoms with van der Waals surface area (Å²) in [6, 6.07) is 8.76. The van der Waals surface area contributed by atoms with Crippen molar-refractivity contribution in [1.82, 2.24) is 9.88 Å². The molecule has 2 N–H and O–H groups in total. The van der Waals surface area contributed by atoms with E-state index in [4.69, 9.17) is 31.8 Å². The van der Waals surface area contributed by atoms with Gasteiger partial charge in [-0.15, -0.1) is 11.3 Å². The van der Waals surface area contributed by atoms with Crippen LogP contribution in [0, 0.1) is 17.1 Å². The van der Waals surface area contributed by atoms with Crippen molar-refractivity contribution in [3.63, 3.8) is 0 Å². The third-order valence-electron chi connectivity index (χ3n) is 7.04. The molecule has 2 aromatic carbocycles. The van der Waals surface area contributed by atoms with Crippen molar-refractivity contribution >= 4 is 48.9 Å². The lowest BCUT2D eigenvalue weighted by Crippen LogP contribution is -2.30. The number of nitrogen functional groups attached to an aromatic ring is 1. The van der Waals surface area contributed by atoms with Gasteiger partial charge in [0, 0.05) is 35.0 Å². The number of benzene rings is 2. The monoisotopic (exact) mass is 526 g/mol. The molecule has 0 unspecified atom stereocenters. The van der Waals surface area contributed by atoms with Gasteiger partial charge in [0.2, 0.25) is 5.88 Å². The normalized spacial score (nSPS) is 19.8. The molecule has 0 bridgehead atoms. The van der Waals surface area contributed by atoms with Gasteiger partial charge in [-0.05, 0) is 42.3 Å². The van der Waals surface area contributed by atoms with E-state index >= 15 is 0 Å². The molecule has 4 heterocycles. The Morgan fingerprint density at radius 1 is 1.31 bits per heavy atom. The van der Waals surface area contributed by atoms with Crippen LogP contribution < -0.4 is 10.5 Å². The van der Waals surface area contributed by atoms with Gasteiger partial charge in [0.25, 0.3) is 0 Å². The molecule has 36 heavy (non-hydrogen) atoms. The number of nitrogens with zero attached hydrogens (tertiary/aromatic N) is 3. The number of thiophene rings is 1. The lowest BCUT2D eigenvalue weighted by molar-refractivity contribution is 0.135. The zero-order valence-electron chi connectivity index (χ0n) is 19.3. The molecule has 1 saturated heterocycles. The number of aromatic nitrogens is 1. The summed E-state index contributed by atoms with van der Waals surface area (Å²) in [7, 11) is 1.88. The van der Waals surface area contributed by atoms with E-state index in [1.165, 1.54) is 6.07 Å². The molecule has 4 aromatic rings. The van der Waals surface area contributed by atoms with Crippen LogP contribution in [-0.4, -0.2) is 42.3 Å². The molecule has 0 spiro atoms. The Balaban J connectivity index is 1.51. The van der Waals surface area contributed by atoms with Crippen LogP contribution in [0.25, 0.3) is 32.1 Å². The van der Waals surface area contributed by atoms with Crippen molar-refractivity contribution in [2.24, 2.45) is 0 Å². The second kappa shape index (κ2) is 8.82. The van der Waals surface area contributed by atoms with Crippen LogP contribution >= 0.6 is 22.9 Å². The van der Waals surface area contributed by atoms with Gasteiger partial charge in [0.05, 0.1) is 34.0 Å². The molecule has 10 heteroatoms. The van der Waals surface area contributed by atoms with Crippen LogP contribution in [0.3, 0.4) is 0 Å². The summed E-state index contributed by atoms with van der Waals surface area (Å²) in [5, 5.41) is 11.7. The number of anilines is 1. The number of pyridine rings is 1. The van der Waals surface area contributed by atoms with Gasteiger partial charge in [-0.2, -0.15) is 5.26 Å².